The van der Waals surface area contributed by atoms with Crippen LogP contribution in [-0.4, -0.2) is 16.1 Å². The first-order valence-corrected chi connectivity index (χ1v) is 5.50. The molecule has 0 aliphatic rings. The number of nitrogen functional groups attached to an aromatic ring is 1. The van der Waals surface area contributed by atoms with Gasteiger partial charge in [-0.3, -0.25) is 10.1 Å². The molecule has 0 saturated carbocycles. The number of carbonyl (C=O) groups is 1. The summed E-state index contributed by atoms with van der Waals surface area (Å²) in [5.41, 5.74) is 5.89. The van der Waals surface area contributed by atoms with E-state index in [2.05, 4.69) is 15.5 Å². The average molecular weight is 255 g/mol. The number of nitrogens with one attached hydrogen (secondary N) is 1. The lowest BCUT2D eigenvalue weighted by molar-refractivity contribution is 0.102. The van der Waals surface area contributed by atoms with E-state index in [1.54, 1.807) is 24.3 Å². The molecule has 1 aromatic heterocycles. The molecule has 1 heterocycles. The van der Waals surface area contributed by atoms with Gasteiger partial charge >= 0.3 is 0 Å². The molecule has 16 heavy (non-hydrogen) atoms. The minimum Gasteiger partial charge on any atom is -0.374 e. The number of halogens is 1. The first kappa shape index (κ1) is 10.8. The molecule has 82 valence electrons. The third-order valence-corrected chi connectivity index (χ3v) is 2.69. The molecule has 0 fully saturated rings. The molecule has 0 atom stereocenters. The first-order valence-electron chi connectivity index (χ1n) is 4.31. The molecule has 3 N–H and O–H groups in total. The second-order valence-corrected chi connectivity index (χ2v) is 4.35. The van der Waals surface area contributed by atoms with Gasteiger partial charge in [0.25, 0.3) is 5.91 Å². The van der Waals surface area contributed by atoms with Gasteiger partial charge in [0.1, 0.15) is 0 Å². The molecule has 0 aliphatic heterocycles. The third-order valence-electron chi connectivity index (χ3n) is 1.77. The first-order chi connectivity index (χ1) is 7.65. The number of nitrogens with zero attached hydrogens (tertiary/aromatic N) is 2. The highest BCUT2D eigenvalue weighted by molar-refractivity contribution is 7.19. The summed E-state index contributed by atoms with van der Waals surface area (Å²) in [5, 5.41) is 11.1. The SMILES string of the molecule is Nc1nnc(NC(=O)c2ccc(Cl)cc2)s1. The van der Waals surface area contributed by atoms with Gasteiger partial charge in [-0.2, -0.15) is 0 Å². The van der Waals surface area contributed by atoms with Gasteiger partial charge in [-0.1, -0.05) is 22.9 Å². The number of anilines is 2. The minimum absolute atomic E-state index is 0.271. The van der Waals surface area contributed by atoms with Crippen molar-refractivity contribution in [3.63, 3.8) is 0 Å². The normalized spacial score (nSPS) is 10.1. The largest absolute Gasteiger partial charge is 0.374 e. The van der Waals surface area contributed by atoms with Crippen LogP contribution in [0.4, 0.5) is 10.3 Å². The Hall–Kier alpha value is -1.66. The van der Waals surface area contributed by atoms with Crippen LogP contribution in [0.2, 0.25) is 5.02 Å². The summed E-state index contributed by atoms with van der Waals surface area (Å²) in [5.74, 6) is -0.271. The summed E-state index contributed by atoms with van der Waals surface area (Å²) >= 11 is 6.82. The summed E-state index contributed by atoms with van der Waals surface area (Å²) in [6, 6.07) is 6.54. The fraction of sp³-hybridized carbons (Fsp3) is 0. The van der Waals surface area contributed by atoms with Crippen LogP contribution in [0, 0.1) is 0 Å². The number of carbonyl (C=O) groups excluding carboxylic acids is 1. The Bertz CT molecular complexity index is 510. The van der Waals surface area contributed by atoms with E-state index < -0.39 is 0 Å². The molecular weight excluding hydrogens is 248 g/mol. The molecule has 1 amide bonds. The standard InChI is InChI=1S/C9H7ClN4OS/c10-6-3-1-5(2-4-6)7(15)12-9-14-13-8(11)16-9/h1-4H,(H2,11,13)(H,12,14,15). The van der Waals surface area contributed by atoms with Crippen molar-refractivity contribution in [3.05, 3.63) is 34.9 Å². The predicted molar refractivity (Wildman–Crippen MR) is 63.7 cm³/mol. The summed E-state index contributed by atoms with van der Waals surface area (Å²) in [7, 11) is 0. The van der Waals surface area contributed by atoms with Gasteiger partial charge in [0.2, 0.25) is 10.3 Å². The van der Waals surface area contributed by atoms with Gasteiger partial charge in [-0.05, 0) is 24.3 Å². The number of nitrogens with two attached hydrogens (primary N) is 1. The van der Waals surface area contributed by atoms with Gasteiger partial charge in [-0.25, -0.2) is 0 Å². The Morgan fingerprint density at radius 2 is 2.00 bits per heavy atom. The van der Waals surface area contributed by atoms with E-state index >= 15 is 0 Å². The maximum absolute atomic E-state index is 11.7. The Morgan fingerprint density at radius 3 is 2.56 bits per heavy atom. The second kappa shape index (κ2) is 4.46. The van der Waals surface area contributed by atoms with Gasteiger partial charge in [0.15, 0.2) is 0 Å². The number of amides is 1. The van der Waals surface area contributed by atoms with Gasteiger partial charge in [-0.15, -0.1) is 10.2 Å². The summed E-state index contributed by atoms with van der Waals surface area (Å²) < 4.78 is 0. The van der Waals surface area contributed by atoms with Crippen molar-refractivity contribution in [2.24, 2.45) is 0 Å². The Morgan fingerprint density at radius 1 is 1.31 bits per heavy atom. The summed E-state index contributed by atoms with van der Waals surface area (Å²) in [6.45, 7) is 0. The molecule has 0 aliphatic carbocycles. The smallest absolute Gasteiger partial charge is 0.257 e. The molecule has 0 bridgehead atoms. The number of rotatable bonds is 2. The van der Waals surface area contributed by atoms with Gasteiger partial charge < -0.3 is 5.73 Å². The fourth-order valence-electron chi connectivity index (χ4n) is 1.06. The van der Waals surface area contributed by atoms with Crippen LogP contribution < -0.4 is 11.1 Å². The summed E-state index contributed by atoms with van der Waals surface area (Å²) in [4.78, 5) is 11.7. The van der Waals surface area contributed by atoms with Gasteiger partial charge in [0.05, 0.1) is 0 Å². The molecular formula is C9H7ClN4OS. The molecule has 0 saturated heterocycles. The monoisotopic (exact) mass is 254 g/mol. The highest BCUT2D eigenvalue weighted by Crippen LogP contribution is 2.17. The zero-order chi connectivity index (χ0) is 11.5. The highest BCUT2D eigenvalue weighted by atomic mass is 35.5. The Balaban J connectivity index is 2.11. The topological polar surface area (TPSA) is 80.9 Å². The van der Waals surface area contributed by atoms with E-state index in [1.807, 2.05) is 0 Å². The summed E-state index contributed by atoms with van der Waals surface area (Å²) in [6.07, 6.45) is 0. The number of hydrogen-bond acceptors (Lipinski definition) is 5. The van der Waals surface area contributed by atoms with Crippen LogP contribution in [0.5, 0.6) is 0 Å². The quantitative estimate of drug-likeness (QED) is 0.859. The maximum Gasteiger partial charge on any atom is 0.257 e. The zero-order valence-corrected chi connectivity index (χ0v) is 9.55. The van der Waals surface area contributed by atoms with Crippen LogP contribution in [-0.2, 0) is 0 Å². The molecule has 7 heteroatoms. The Kier molecular flexibility index (Phi) is 3.02. The van der Waals surface area contributed by atoms with Crippen molar-refractivity contribution >= 4 is 39.1 Å². The highest BCUT2D eigenvalue weighted by Gasteiger charge is 2.08. The van der Waals surface area contributed by atoms with Crippen molar-refractivity contribution in [1.29, 1.82) is 0 Å². The third kappa shape index (κ3) is 2.47. The number of benzene rings is 1. The zero-order valence-electron chi connectivity index (χ0n) is 7.98. The lowest BCUT2D eigenvalue weighted by Gasteiger charge is -2.00. The van der Waals surface area contributed by atoms with Crippen LogP contribution >= 0.6 is 22.9 Å². The van der Waals surface area contributed by atoms with E-state index in [1.165, 1.54) is 0 Å². The maximum atomic E-state index is 11.7. The molecule has 0 unspecified atom stereocenters. The molecule has 5 nitrogen and oxygen atoms in total. The fourth-order valence-corrected chi connectivity index (χ4v) is 1.69. The van der Waals surface area contributed by atoms with Crippen molar-refractivity contribution in [2.75, 3.05) is 11.1 Å². The van der Waals surface area contributed by atoms with Crippen molar-refractivity contribution in [1.82, 2.24) is 10.2 Å². The van der Waals surface area contributed by atoms with Crippen LogP contribution in [0.25, 0.3) is 0 Å². The van der Waals surface area contributed by atoms with Gasteiger partial charge in [0, 0.05) is 10.6 Å². The van der Waals surface area contributed by atoms with E-state index in [9.17, 15) is 4.79 Å². The van der Waals surface area contributed by atoms with Crippen LogP contribution in [0.15, 0.2) is 24.3 Å². The van der Waals surface area contributed by atoms with E-state index in [4.69, 9.17) is 17.3 Å². The molecule has 0 spiro atoms. The number of hydrogen-bond donors (Lipinski definition) is 2. The minimum atomic E-state index is -0.271. The van der Waals surface area contributed by atoms with Crippen LogP contribution in [0.3, 0.4) is 0 Å². The van der Waals surface area contributed by atoms with Crippen molar-refractivity contribution in [3.8, 4) is 0 Å². The molecule has 0 radical (unpaired) electrons. The molecule has 1 aromatic carbocycles. The second-order valence-electron chi connectivity index (χ2n) is 2.91. The van der Waals surface area contributed by atoms with E-state index in [-0.39, 0.29) is 5.91 Å². The number of aromatic nitrogens is 2. The lowest BCUT2D eigenvalue weighted by atomic mass is 10.2. The van der Waals surface area contributed by atoms with Crippen LogP contribution in [0.1, 0.15) is 10.4 Å². The van der Waals surface area contributed by atoms with E-state index in [0.717, 1.165) is 11.3 Å². The average Bonchev–Trinajstić information content (AvgIpc) is 2.65. The lowest BCUT2D eigenvalue weighted by Crippen LogP contribution is -2.11. The van der Waals surface area contributed by atoms with Crippen molar-refractivity contribution in [2.45, 2.75) is 0 Å². The predicted octanol–water partition coefficient (Wildman–Crippen LogP) is 2.03. The van der Waals surface area contributed by atoms with E-state index in [0.29, 0.717) is 20.8 Å². The molecule has 2 rings (SSSR count). The van der Waals surface area contributed by atoms with Crippen molar-refractivity contribution < 1.29 is 4.79 Å². The Labute approximate surface area is 100 Å². The molecule has 2 aromatic rings.